The van der Waals surface area contributed by atoms with E-state index in [4.69, 9.17) is 0 Å². The van der Waals surface area contributed by atoms with E-state index in [1.807, 2.05) is 0 Å². The summed E-state index contributed by atoms with van der Waals surface area (Å²) < 4.78 is 29.2. The summed E-state index contributed by atoms with van der Waals surface area (Å²) in [6.45, 7) is 0. The van der Waals surface area contributed by atoms with Gasteiger partial charge in [0.05, 0.1) is 0 Å². The van der Waals surface area contributed by atoms with E-state index in [0.29, 0.717) is 0 Å². The number of hydrogen-bond donors (Lipinski definition) is 0. The van der Waals surface area contributed by atoms with Gasteiger partial charge in [0, 0.05) is 17.1 Å². The van der Waals surface area contributed by atoms with Crippen molar-refractivity contribution in [2.24, 2.45) is 0 Å². The first-order valence-electron chi connectivity index (χ1n) is 0.401. The zero-order valence-corrected chi connectivity index (χ0v) is 4.05. The molecule has 0 bridgehead atoms. The molecule has 0 aliphatic heterocycles. The van der Waals surface area contributed by atoms with Gasteiger partial charge in [0.25, 0.3) is 0 Å². The van der Waals surface area contributed by atoms with E-state index in [9.17, 15) is 10.7 Å². The summed E-state index contributed by atoms with van der Waals surface area (Å²) >= 11 is -4.25. The van der Waals surface area contributed by atoms with Gasteiger partial charge in [-0.15, -0.1) is 0 Å². The molecule has 0 saturated heterocycles. The summed E-state index contributed by atoms with van der Waals surface area (Å²) in [5.41, 5.74) is 0. The molecule has 0 aromatic heterocycles. The second kappa shape index (κ2) is 4.83. The van der Waals surface area contributed by atoms with Crippen LogP contribution in [0.25, 0.3) is 0 Å². The zero-order valence-electron chi connectivity index (χ0n) is 1.84. The Bertz CT molecular complexity index is 9.61. The summed E-state index contributed by atoms with van der Waals surface area (Å²) in [7, 11) is 0. The van der Waals surface area contributed by atoms with Gasteiger partial charge in [0.1, 0.15) is 0 Å². The normalized spacial score (nSPS) is 9.00. The Hall–Kier alpha value is 0.829. The standard InChI is InChI=1S/3FH.2Fe/h3*1H;;/q;;;;+3/p-3. The van der Waals surface area contributed by atoms with Crippen molar-refractivity contribution in [3.63, 3.8) is 0 Å². The van der Waals surface area contributed by atoms with Crippen LogP contribution >= 0.6 is 0 Å². The Balaban J connectivity index is 0. The third-order valence-electron chi connectivity index (χ3n) is 0. The van der Waals surface area contributed by atoms with Crippen LogP contribution in [0.1, 0.15) is 0 Å². The molecule has 0 N–H and O–H groups in total. The molecule has 0 saturated carbocycles. The minimum atomic E-state index is -4.25. The second-order valence-electron chi connectivity index (χ2n) is 0.152. The Morgan fingerprint density at radius 2 is 1.00 bits per heavy atom. The van der Waals surface area contributed by atoms with Gasteiger partial charge in [-0.1, -0.05) is 0 Å². The molecule has 0 heterocycles. The van der Waals surface area contributed by atoms with E-state index >= 15 is 0 Å². The Labute approximate surface area is 43.5 Å². The molecule has 37 valence electrons. The summed E-state index contributed by atoms with van der Waals surface area (Å²) in [4.78, 5) is 0. The molecule has 5 heavy (non-hydrogen) atoms. The molecule has 0 unspecified atom stereocenters. The van der Waals surface area contributed by atoms with Crippen LogP contribution in [0.15, 0.2) is 0 Å². The average molecular weight is 169 g/mol. The Morgan fingerprint density at radius 1 is 1.00 bits per heavy atom. The minimum absolute atomic E-state index is 0. The fourth-order valence-electron chi connectivity index (χ4n) is 0. The van der Waals surface area contributed by atoms with E-state index in [0.717, 1.165) is 0 Å². The van der Waals surface area contributed by atoms with Crippen molar-refractivity contribution >= 4 is 0 Å². The molecule has 0 aromatic rings. The molecular formula is F3Fe2. The summed E-state index contributed by atoms with van der Waals surface area (Å²) in [5.74, 6) is 0. The monoisotopic (exact) mass is 169 g/mol. The smallest absolute Gasteiger partial charge is 0 e. The summed E-state index contributed by atoms with van der Waals surface area (Å²) in [6, 6.07) is 0. The molecule has 0 nitrogen and oxygen atoms in total. The topological polar surface area (TPSA) is 0 Å². The average Bonchev–Trinajstić information content (AvgIpc) is 0.811. The van der Waals surface area contributed by atoms with Crippen molar-refractivity contribution in [3.8, 4) is 0 Å². The maximum atomic E-state index is 9.75. The van der Waals surface area contributed by atoms with Crippen molar-refractivity contribution in [3.05, 3.63) is 0 Å². The molecule has 0 fully saturated rings. The molecule has 0 amide bonds. The molecule has 0 spiro atoms. The van der Waals surface area contributed by atoms with Gasteiger partial charge in [0.15, 0.2) is 0 Å². The molecule has 0 radical (unpaired) electrons. The molecule has 5 heteroatoms. The third kappa shape index (κ3) is 56.2. The van der Waals surface area contributed by atoms with E-state index in [1.54, 1.807) is 0 Å². The first kappa shape index (κ1) is 9.27. The van der Waals surface area contributed by atoms with Crippen LogP contribution in [0.4, 0.5) is 10.7 Å². The summed E-state index contributed by atoms with van der Waals surface area (Å²) in [6.07, 6.45) is 0. The van der Waals surface area contributed by atoms with Crippen LogP contribution in [0.5, 0.6) is 0 Å². The van der Waals surface area contributed by atoms with Gasteiger partial charge in [-0.25, -0.2) is 0 Å². The minimum Gasteiger partial charge on any atom is 0 e. The van der Waals surface area contributed by atoms with E-state index in [2.05, 4.69) is 0 Å². The second-order valence-corrected chi connectivity index (χ2v) is 0.625. The van der Waals surface area contributed by atoms with Crippen LogP contribution in [0.3, 0.4) is 0 Å². The Kier molecular flexibility index (Phi) is 8.95. The van der Waals surface area contributed by atoms with Crippen LogP contribution in [0, 0.1) is 0 Å². The summed E-state index contributed by atoms with van der Waals surface area (Å²) in [5, 5.41) is 0. The van der Waals surface area contributed by atoms with E-state index in [1.165, 1.54) is 0 Å². The molecule has 0 atom stereocenters. The van der Waals surface area contributed by atoms with Gasteiger partial charge < -0.3 is 0 Å². The van der Waals surface area contributed by atoms with Gasteiger partial charge >= 0.3 is 25.9 Å². The van der Waals surface area contributed by atoms with Crippen molar-refractivity contribution in [2.75, 3.05) is 0 Å². The SMILES string of the molecule is [F][Fe]([F])[F].[Fe]. The van der Waals surface area contributed by atoms with Crippen LogP contribution in [-0.4, -0.2) is 0 Å². The predicted molar refractivity (Wildman–Crippen MR) is 3.32 cm³/mol. The maximum absolute atomic E-state index is 9.75. The Morgan fingerprint density at radius 3 is 1.00 bits per heavy atom. The van der Waals surface area contributed by atoms with Crippen molar-refractivity contribution < 1.29 is 43.0 Å². The van der Waals surface area contributed by atoms with Crippen molar-refractivity contribution in [1.82, 2.24) is 0 Å². The fourth-order valence-corrected chi connectivity index (χ4v) is 0. The molecule has 0 aliphatic rings. The third-order valence-corrected chi connectivity index (χ3v) is 0. The first-order valence-corrected chi connectivity index (χ1v) is 1.65. The van der Waals surface area contributed by atoms with E-state index < -0.39 is 15.3 Å². The number of halogens is 3. The molecule has 0 aliphatic carbocycles. The maximum Gasteiger partial charge on any atom is 0 e. The number of hydrogen-bond acceptors (Lipinski definition) is 0. The quantitative estimate of drug-likeness (QED) is 0.478. The fraction of sp³-hybridized carbons (Fsp3) is 0. The van der Waals surface area contributed by atoms with Gasteiger partial charge in [-0.2, -0.15) is 0 Å². The van der Waals surface area contributed by atoms with Crippen LogP contribution in [0.2, 0.25) is 0 Å². The van der Waals surface area contributed by atoms with Crippen LogP contribution < -0.4 is 0 Å². The van der Waals surface area contributed by atoms with Crippen molar-refractivity contribution in [2.45, 2.75) is 0 Å². The van der Waals surface area contributed by atoms with Crippen molar-refractivity contribution in [1.29, 1.82) is 0 Å². The molecule has 0 aromatic carbocycles. The molecular weight excluding hydrogens is 169 g/mol. The van der Waals surface area contributed by atoms with Gasteiger partial charge in [-0.05, 0) is 0 Å². The first-order chi connectivity index (χ1) is 1.73. The number of rotatable bonds is 0. The van der Waals surface area contributed by atoms with Crippen LogP contribution in [-0.2, 0) is 32.3 Å². The van der Waals surface area contributed by atoms with Gasteiger partial charge in [-0.3, -0.25) is 0 Å². The van der Waals surface area contributed by atoms with E-state index in [-0.39, 0.29) is 17.1 Å². The predicted octanol–water partition coefficient (Wildman–Crippen LogP) is 1.26. The van der Waals surface area contributed by atoms with Gasteiger partial charge in [0.2, 0.25) is 0 Å². The largest absolute Gasteiger partial charge is 0 e. The zero-order chi connectivity index (χ0) is 3.58. The molecule has 0 rings (SSSR count).